The zero-order chi connectivity index (χ0) is 10.6. The molecule has 0 saturated carbocycles. The van der Waals surface area contributed by atoms with Gasteiger partial charge in [0, 0.05) is 0 Å². The van der Waals surface area contributed by atoms with E-state index >= 15 is 0 Å². The minimum absolute atomic E-state index is 0.119. The lowest BCUT2D eigenvalue weighted by molar-refractivity contribution is -0.111. The van der Waals surface area contributed by atoms with Crippen LogP contribution in [0.5, 0.6) is 0 Å². The Balaban J connectivity index is 3.08. The predicted octanol–water partition coefficient (Wildman–Crippen LogP) is 2.05. The molecular formula is C12H17NO. The molecule has 1 atom stereocenters. The highest BCUT2D eigenvalue weighted by Crippen LogP contribution is 2.20. The Labute approximate surface area is 85.5 Å². The van der Waals surface area contributed by atoms with Crippen molar-refractivity contribution in [2.75, 3.05) is 14.1 Å². The number of likely N-dealkylation sites (N-methyl/N-ethyl adjacent to an activating group) is 1. The smallest absolute Gasteiger partial charge is 0.141 e. The third-order valence-electron chi connectivity index (χ3n) is 2.44. The zero-order valence-corrected chi connectivity index (χ0v) is 9.03. The summed E-state index contributed by atoms with van der Waals surface area (Å²) < 4.78 is 0. The molecule has 0 aliphatic carbocycles. The number of nitrogens with zero attached hydrogens (tertiary/aromatic N) is 1. The van der Waals surface area contributed by atoms with Gasteiger partial charge in [0.25, 0.3) is 0 Å². The molecule has 0 spiro atoms. The third kappa shape index (κ3) is 2.20. The Bertz CT molecular complexity index is 307. The first kappa shape index (κ1) is 10.9. The minimum Gasteiger partial charge on any atom is -0.301 e. The van der Waals surface area contributed by atoms with Crippen LogP contribution in [0.25, 0.3) is 0 Å². The molecule has 14 heavy (non-hydrogen) atoms. The minimum atomic E-state index is -0.119. The van der Waals surface area contributed by atoms with Gasteiger partial charge in [-0.25, -0.2) is 0 Å². The molecule has 2 nitrogen and oxygen atoms in total. The molecule has 0 amide bonds. The molecule has 0 radical (unpaired) electrons. The van der Waals surface area contributed by atoms with Gasteiger partial charge in [0.2, 0.25) is 0 Å². The quantitative estimate of drug-likeness (QED) is 0.679. The SMILES string of the molecule is CCc1ccccc1[C@@H](C=O)N(C)C. The van der Waals surface area contributed by atoms with E-state index in [0.717, 1.165) is 18.3 Å². The van der Waals surface area contributed by atoms with Crippen LogP contribution in [0, 0.1) is 0 Å². The van der Waals surface area contributed by atoms with Gasteiger partial charge < -0.3 is 4.79 Å². The Hall–Kier alpha value is -1.15. The molecule has 0 heterocycles. The molecule has 1 rings (SSSR count). The average Bonchev–Trinajstić information content (AvgIpc) is 2.19. The maximum absolute atomic E-state index is 11.0. The highest BCUT2D eigenvalue weighted by atomic mass is 16.1. The van der Waals surface area contributed by atoms with E-state index in [1.54, 1.807) is 0 Å². The average molecular weight is 191 g/mol. The maximum atomic E-state index is 11.0. The fourth-order valence-electron chi connectivity index (χ4n) is 1.62. The summed E-state index contributed by atoms with van der Waals surface area (Å²) in [5.74, 6) is 0. The Morgan fingerprint density at radius 2 is 2.00 bits per heavy atom. The lowest BCUT2D eigenvalue weighted by Crippen LogP contribution is -2.22. The Morgan fingerprint density at radius 1 is 1.36 bits per heavy atom. The number of aryl methyl sites for hydroxylation is 1. The van der Waals surface area contributed by atoms with Crippen molar-refractivity contribution in [1.82, 2.24) is 4.90 Å². The van der Waals surface area contributed by atoms with Crippen LogP contribution >= 0.6 is 0 Å². The van der Waals surface area contributed by atoms with Gasteiger partial charge in [0.05, 0.1) is 6.04 Å². The van der Waals surface area contributed by atoms with E-state index in [1.807, 2.05) is 37.2 Å². The monoisotopic (exact) mass is 191 g/mol. The fourth-order valence-corrected chi connectivity index (χ4v) is 1.62. The number of carbonyl (C=O) groups excluding carboxylic acids is 1. The summed E-state index contributed by atoms with van der Waals surface area (Å²) >= 11 is 0. The van der Waals surface area contributed by atoms with Crippen LogP contribution in [0.4, 0.5) is 0 Å². The summed E-state index contributed by atoms with van der Waals surface area (Å²) in [6, 6.07) is 7.98. The van der Waals surface area contributed by atoms with E-state index in [2.05, 4.69) is 13.0 Å². The number of hydrogen-bond acceptors (Lipinski definition) is 2. The number of carbonyl (C=O) groups is 1. The molecule has 1 aromatic carbocycles. The molecule has 0 aliphatic rings. The molecule has 0 fully saturated rings. The van der Waals surface area contributed by atoms with E-state index in [9.17, 15) is 4.79 Å². The van der Waals surface area contributed by atoms with Gasteiger partial charge in [0.1, 0.15) is 6.29 Å². The van der Waals surface area contributed by atoms with Crippen molar-refractivity contribution < 1.29 is 4.79 Å². The second-order valence-corrected chi connectivity index (χ2v) is 3.60. The van der Waals surface area contributed by atoms with Gasteiger partial charge in [0.15, 0.2) is 0 Å². The van der Waals surface area contributed by atoms with E-state index < -0.39 is 0 Å². The molecule has 76 valence electrons. The molecule has 0 unspecified atom stereocenters. The first-order valence-corrected chi connectivity index (χ1v) is 4.90. The highest BCUT2D eigenvalue weighted by molar-refractivity contribution is 5.62. The van der Waals surface area contributed by atoms with Crippen LogP contribution in [0.3, 0.4) is 0 Å². The van der Waals surface area contributed by atoms with E-state index in [0.29, 0.717) is 0 Å². The number of hydrogen-bond donors (Lipinski definition) is 0. The largest absolute Gasteiger partial charge is 0.301 e. The topological polar surface area (TPSA) is 20.3 Å². The van der Waals surface area contributed by atoms with Crippen molar-refractivity contribution in [3.8, 4) is 0 Å². The fraction of sp³-hybridized carbons (Fsp3) is 0.417. The van der Waals surface area contributed by atoms with Crippen molar-refractivity contribution in [2.45, 2.75) is 19.4 Å². The van der Waals surface area contributed by atoms with Gasteiger partial charge in [-0.1, -0.05) is 31.2 Å². The molecule has 0 N–H and O–H groups in total. The molecule has 0 bridgehead atoms. The maximum Gasteiger partial charge on any atom is 0.141 e. The highest BCUT2D eigenvalue weighted by Gasteiger charge is 2.14. The van der Waals surface area contributed by atoms with E-state index in [-0.39, 0.29) is 6.04 Å². The summed E-state index contributed by atoms with van der Waals surface area (Å²) in [7, 11) is 3.84. The van der Waals surface area contributed by atoms with Gasteiger partial charge in [-0.2, -0.15) is 0 Å². The second-order valence-electron chi connectivity index (χ2n) is 3.60. The van der Waals surface area contributed by atoms with Crippen molar-refractivity contribution >= 4 is 6.29 Å². The summed E-state index contributed by atoms with van der Waals surface area (Å²) in [4.78, 5) is 12.9. The van der Waals surface area contributed by atoms with Gasteiger partial charge in [-0.15, -0.1) is 0 Å². The van der Waals surface area contributed by atoms with Crippen molar-refractivity contribution in [2.24, 2.45) is 0 Å². The molecule has 1 aromatic rings. The van der Waals surface area contributed by atoms with Crippen LogP contribution in [0.2, 0.25) is 0 Å². The lowest BCUT2D eigenvalue weighted by Gasteiger charge is -2.21. The lowest BCUT2D eigenvalue weighted by atomic mass is 9.99. The second kappa shape index (κ2) is 4.91. The van der Waals surface area contributed by atoms with Crippen LogP contribution < -0.4 is 0 Å². The third-order valence-corrected chi connectivity index (χ3v) is 2.44. The summed E-state index contributed by atoms with van der Waals surface area (Å²) in [5, 5.41) is 0. The molecule has 0 saturated heterocycles. The summed E-state index contributed by atoms with van der Waals surface area (Å²) in [6.07, 6.45) is 1.96. The number of aldehydes is 1. The number of benzene rings is 1. The first-order chi connectivity index (χ1) is 6.70. The molecule has 2 heteroatoms. The van der Waals surface area contributed by atoms with Crippen molar-refractivity contribution in [3.05, 3.63) is 35.4 Å². The van der Waals surface area contributed by atoms with E-state index in [4.69, 9.17) is 0 Å². The van der Waals surface area contributed by atoms with Crippen LogP contribution in [-0.4, -0.2) is 25.3 Å². The van der Waals surface area contributed by atoms with Crippen LogP contribution in [0.1, 0.15) is 24.1 Å². The van der Waals surface area contributed by atoms with Crippen molar-refractivity contribution in [3.63, 3.8) is 0 Å². The van der Waals surface area contributed by atoms with Crippen LogP contribution in [-0.2, 0) is 11.2 Å². The molecule has 0 aliphatic heterocycles. The standard InChI is InChI=1S/C12H17NO/c1-4-10-7-5-6-8-11(10)12(9-14)13(2)3/h5-9,12H,4H2,1-3H3/t12-/m1/s1. The van der Waals surface area contributed by atoms with Gasteiger partial charge in [-0.05, 0) is 31.6 Å². The van der Waals surface area contributed by atoms with E-state index in [1.165, 1.54) is 5.56 Å². The Kier molecular flexibility index (Phi) is 3.84. The van der Waals surface area contributed by atoms with Gasteiger partial charge >= 0.3 is 0 Å². The van der Waals surface area contributed by atoms with Gasteiger partial charge in [-0.3, -0.25) is 4.90 Å². The van der Waals surface area contributed by atoms with Crippen LogP contribution in [0.15, 0.2) is 24.3 Å². The predicted molar refractivity (Wildman–Crippen MR) is 58.3 cm³/mol. The molecule has 0 aromatic heterocycles. The summed E-state index contributed by atoms with van der Waals surface area (Å²) in [5.41, 5.74) is 2.37. The van der Waals surface area contributed by atoms with Crippen molar-refractivity contribution in [1.29, 1.82) is 0 Å². The Morgan fingerprint density at radius 3 is 2.50 bits per heavy atom. The first-order valence-electron chi connectivity index (χ1n) is 4.90. The molecular weight excluding hydrogens is 174 g/mol. The zero-order valence-electron chi connectivity index (χ0n) is 9.03. The summed E-state index contributed by atoms with van der Waals surface area (Å²) in [6.45, 7) is 2.11. The normalized spacial score (nSPS) is 12.9. The number of rotatable bonds is 4.